The van der Waals surface area contributed by atoms with Gasteiger partial charge < -0.3 is 15.9 Å². The molecule has 1 heterocycles. The number of aliphatic hydroxyl groups excluding tert-OH is 2. The van der Waals surface area contributed by atoms with Crippen LogP contribution in [-0.2, 0) is 0 Å². The lowest BCUT2D eigenvalue weighted by Gasteiger charge is -2.12. The molecule has 0 aliphatic heterocycles. The van der Waals surface area contributed by atoms with Crippen LogP contribution in [0.15, 0.2) is 6.20 Å². The van der Waals surface area contributed by atoms with Crippen molar-refractivity contribution in [1.82, 2.24) is 9.97 Å². The maximum atomic E-state index is 9.41. The minimum absolute atomic E-state index is 0.00837. The van der Waals surface area contributed by atoms with E-state index >= 15 is 0 Å². The lowest BCUT2D eigenvalue weighted by atomic mass is 10.2. The Kier molecular flexibility index (Phi) is 2.96. The van der Waals surface area contributed by atoms with Gasteiger partial charge in [-0.1, -0.05) is 0 Å². The van der Waals surface area contributed by atoms with E-state index in [1.54, 1.807) is 6.07 Å². The molecule has 0 aliphatic rings. The van der Waals surface area contributed by atoms with Crippen LogP contribution in [0.1, 0.15) is 24.4 Å². The molecular formula is C8H10N4O2. The summed E-state index contributed by atoms with van der Waals surface area (Å²) in [6, 6.07) is 1.74. The highest BCUT2D eigenvalue weighted by Gasteiger charge is 2.16. The van der Waals surface area contributed by atoms with Crippen molar-refractivity contribution in [3.8, 4) is 6.07 Å². The summed E-state index contributed by atoms with van der Waals surface area (Å²) < 4.78 is 0. The van der Waals surface area contributed by atoms with Crippen LogP contribution in [0.4, 0.5) is 5.82 Å². The predicted molar refractivity (Wildman–Crippen MR) is 47.8 cm³/mol. The van der Waals surface area contributed by atoms with Gasteiger partial charge in [-0.25, -0.2) is 9.97 Å². The van der Waals surface area contributed by atoms with Gasteiger partial charge in [0.05, 0.1) is 18.0 Å². The van der Waals surface area contributed by atoms with E-state index in [1.165, 1.54) is 13.1 Å². The summed E-state index contributed by atoms with van der Waals surface area (Å²) in [5, 5.41) is 27.1. The van der Waals surface area contributed by atoms with Gasteiger partial charge in [0.25, 0.3) is 0 Å². The Morgan fingerprint density at radius 1 is 1.57 bits per heavy atom. The van der Waals surface area contributed by atoms with Crippen LogP contribution >= 0.6 is 0 Å². The van der Waals surface area contributed by atoms with Crippen molar-refractivity contribution in [3.05, 3.63) is 17.6 Å². The van der Waals surface area contributed by atoms with Gasteiger partial charge in [-0.05, 0) is 6.92 Å². The fourth-order valence-electron chi connectivity index (χ4n) is 0.884. The molecule has 1 aromatic rings. The maximum absolute atomic E-state index is 9.41. The van der Waals surface area contributed by atoms with Gasteiger partial charge in [0.15, 0.2) is 11.5 Å². The fourth-order valence-corrected chi connectivity index (χ4v) is 0.884. The average molecular weight is 194 g/mol. The molecule has 0 fully saturated rings. The Labute approximate surface area is 80.7 Å². The normalized spacial score (nSPS) is 14.4. The first-order valence-corrected chi connectivity index (χ1v) is 3.95. The summed E-state index contributed by atoms with van der Waals surface area (Å²) in [6.45, 7) is 1.41. The third kappa shape index (κ3) is 1.96. The molecular weight excluding hydrogens is 184 g/mol. The topological polar surface area (TPSA) is 116 Å². The van der Waals surface area contributed by atoms with Gasteiger partial charge in [0.2, 0.25) is 0 Å². The van der Waals surface area contributed by atoms with Crippen LogP contribution in [0.5, 0.6) is 0 Å². The Morgan fingerprint density at radius 2 is 2.21 bits per heavy atom. The van der Waals surface area contributed by atoms with Gasteiger partial charge in [-0.3, -0.25) is 0 Å². The smallest absolute Gasteiger partial charge is 0.183 e. The van der Waals surface area contributed by atoms with Gasteiger partial charge in [-0.15, -0.1) is 0 Å². The van der Waals surface area contributed by atoms with Crippen molar-refractivity contribution in [3.63, 3.8) is 0 Å². The molecule has 1 aromatic heterocycles. The van der Waals surface area contributed by atoms with Crippen LogP contribution in [0.25, 0.3) is 0 Å². The first kappa shape index (κ1) is 10.4. The van der Waals surface area contributed by atoms with Gasteiger partial charge in [0.1, 0.15) is 12.2 Å². The van der Waals surface area contributed by atoms with E-state index in [1.807, 2.05) is 0 Å². The number of nitrogens with two attached hydrogens (primary N) is 1. The van der Waals surface area contributed by atoms with E-state index in [4.69, 9.17) is 16.1 Å². The highest BCUT2D eigenvalue weighted by atomic mass is 16.3. The van der Waals surface area contributed by atoms with Crippen LogP contribution in [0.2, 0.25) is 0 Å². The van der Waals surface area contributed by atoms with E-state index in [-0.39, 0.29) is 17.2 Å². The summed E-state index contributed by atoms with van der Waals surface area (Å²) in [6.07, 6.45) is -0.900. The fraction of sp³-hybridized carbons (Fsp3) is 0.375. The van der Waals surface area contributed by atoms with Crippen molar-refractivity contribution in [2.45, 2.75) is 19.1 Å². The summed E-state index contributed by atoms with van der Waals surface area (Å²) >= 11 is 0. The molecule has 4 N–H and O–H groups in total. The number of hydrogen-bond acceptors (Lipinski definition) is 6. The molecule has 2 unspecified atom stereocenters. The molecule has 0 bridgehead atoms. The van der Waals surface area contributed by atoms with Crippen molar-refractivity contribution >= 4 is 5.82 Å². The molecule has 6 nitrogen and oxygen atoms in total. The molecule has 0 amide bonds. The number of nitrogen functional groups attached to an aromatic ring is 1. The number of aromatic nitrogens is 2. The third-order valence-electron chi connectivity index (χ3n) is 1.69. The molecule has 0 radical (unpaired) electrons. The van der Waals surface area contributed by atoms with Crippen molar-refractivity contribution < 1.29 is 10.2 Å². The Bertz CT molecular complexity index is 372. The lowest BCUT2D eigenvalue weighted by molar-refractivity contribution is 0.0276. The second-order valence-corrected chi connectivity index (χ2v) is 2.83. The monoisotopic (exact) mass is 194 g/mol. The molecule has 74 valence electrons. The van der Waals surface area contributed by atoms with E-state index in [0.717, 1.165) is 0 Å². The largest absolute Gasteiger partial charge is 0.390 e. The van der Waals surface area contributed by atoms with Gasteiger partial charge >= 0.3 is 0 Å². The molecule has 0 saturated heterocycles. The maximum Gasteiger partial charge on any atom is 0.183 e. The number of anilines is 1. The quantitative estimate of drug-likeness (QED) is 0.575. The molecule has 0 aromatic carbocycles. The zero-order valence-corrected chi connectivity index (χ0v) is 7.55. The van der Waals surface area contributed by atoms with Gasteiger partial charge in [-0.2, -0.15) is 5.26 Å². The minimum atomic E-state index is -1.16. The number of nitrogens with zero attached hydrogens (tertiary/aromatic N) is 3. The zero-order valence-electron chi connectivity index (χ0n) is 7.55. The Hall–Kier alpha value is -1.71. The molecule has 1 rings (SSSR count). The summed E-state index contributed by atoms with van der Waals surface area (Å²) in [5.74, 6) is 0.00837. The number of hydrogen-bond donors (Lipinski definition) is 3. The second-order valence-electron chi connectivity index (χ2n) is 2.83. The van der Waals surface area contributed by atoms with Crippen molar-refractivity contribution in [2.24, 2.45) is 0 Å². The second kappa shape index (κ2) is 4.00. The SMILES string of the molecule is CC(O)C(O)c1cnc(N)c(C#N)n1. The summed E-state index contributed by atoms with van der Waals surface area (Å²) in [4.78, 5) is 7.43. The van der Waals surface area contributed by atoms with Gasteiger partial charge in [0, 0.05) is 0 Å². The molecule has 0 spiro atoms. The first-order chi connectivity index (χ1) is 6.56. The van der Waals surface area contributed by atoms with Crippen molar-refractivity contribution in [2.75, 3.05) is 5.73 Å². The molecule has 2 atom stereocenters. The number of aliphatic hydroxyl groups is 2. The minimum Gasteiger partial charge on any atom is -0.390 e. The van der Waals surface area contributed by atoms with Crippen LogP contribution < -0.4 is 5.73 Å². The first-order valence-electron chi connectivity index (χ1n) is 3.95. The molecule has 0 saturated carbocycles. The van der Waals surface area contributed by atoms with Crippen LogP contribution in [0.3, 0.4) is 0 Å². The van der Waals surface area contributed by atoms with E-state index in [2.05, 4.69) is 9.97 Å². The van der Waals surface area contributed by atoms with Crippen LogP contribution in [0, 0.1) is 11.3 Å². The lowest BCUT2D eigenvalue weighted by Crippen LogP contribution is -2.16. The highest BCUT2D eigenvalue weighted by molar-refractivity contribution is 5.43. The standard InChI is InChI=1S/C8H10N4O2/c1-4(13)7(14)6-3-11-8(10)5(2-9)12-6/h3-4,7,13-14H,1H3,(H2,10,11). The summed E-state index contributed by atoms with van der Waals surface area (Å²) in [5.41, 5.74) is 5.41. The number of rotatable bonds is 2. The van der Waals surface area contributed by atoms with Crippen LogP contribution in [-0.4, -0.2) is 26.3 Å². The average Bonchev–Trinajstić information content (AvgIpc) is 2.17. The molecule has 14 heavy (non-hydrogen) atoms. The Morgan fingerprint density at radius 3 is 2.71 bits per heavy atom. The third-order valence-corrected chi connectivity index (χ3v) is 1.69. The highest BCUT2D eigenvalue weighted by Crippen LogP contribution is 2.15. The predicted octanol–water partition coefficient (Wildman–Crippen LogP) is -0.655. The molecule has 6 heteroatoms. The number of nitriles is 1. The Balaban J connectivity index is 3.08. The van der Waals surface area contributed by atoms with E-state index in [0.29, 0.717) is 0 Å². The van der Waals surface area contributed by atoms with E-state index < -0.39 is 12.2 Å². The van der Waals surface area contributed by atoms with E-state index in [9.17, 15) is 5.11 Å². The zero-order chi connectivity index (χ0) is 10.7. The van der Waals surface area contributed by atoms with Crippen molar-refractivity contribution in [1.29, 1.82) is 5.26 Å². The summed E-state index contributed by atoms with van der Waals surface area (Å²) in [7, 11) is 0. The molecule has 0 aliphatic carbocycles.